The minimum absolute atomic E-state index is 0.0300. The largest absolute Gasteiger partial charge is 0.462 e. The molecule has 2 unspecified atom stereocenters. The highest BCUT2D eigenvalue weighted by atomic mass is 35.5. The predicted molar refractivity (Wildman–Crippen MR) is 124 cm³/mol. The SMILES string of the molecule is CC(c1ccc(Cl)cc1)C(CNC(=O)C(C)(C)Oc1ccc(C(F)(F)F)cn1)c1cccnc1. The lowest BCUT2D eigenvalue weighted by atomic mass is 9.83. The highest BCUT2D eigenvalue weighted by molar-refractivity contribution is 6.30. The normalized spacial score (nSPS) is 13.7. The van der Waals surface area contributed by atoms with Crippen LogP contribution in [0.2, 0.25) is 5.02 Å². The molecule has 9 heteroatoms. The molecule has 1 aromatic carbocycles. The third-order valence-corrected chi connectivity index (χ3v) is 5.82. The molecule has 2 heterocycles. The van der Waals surface area contributed by atoms with Crippen LogP contribution in [0.5, 0.6) is 5.88 Å². The summed E-state index contributed by atoms with van der Waals surface area (Å²) in [7, 11) is 0. The lowest BCUT2D eigenvalue weighted by molar-refractivity contribution is -0.138. The van der Waals surface area contributed by atoms with Gasteiger partial charge in [-0.15, -0.1) is 0 Å². The van der Waals surface area contributed by atoms with E-state index in [1.807, 2.05) is 36.4 Å². The number of alkyl halides is 3. The summed E-state index contributed by atoms with van der Waals surface area (Å²) in [6.45, 7) is 5.41. The van der Waals surface area contributed by atoms with E-state index in [1.165, 1.54) is 13.8 Å². The van der Waals surface area contributed by atoms with Crippen molar-refractivity contribution < 1.29 is 22.7 Å². The second kappa shape index (κ2) is 10.4. The fraction of sp³-hybridized carbons (Fsp3) is 0.320. The molecule has 3 rings (SSSR count). The lowest BCUT2D eigenvalue weighted by Crippen LogP contribution is -2.48. The van der Waals surface area contributed by atoms with Gasteiger partial charge in [0.2, 0.25) is 5.88 Å². The Kier molecular flexibility index (Phi) is 7.82. The topological polar surface area (TPSA) is 64.1 Å². The van der Waals surface area contributed by atoms with Crippen LogP contribution in [0, 0.1) is 0 Å². The summed E-state index contributed by atoms with van der Waals surface area (Å²) in [6, 6.07) is 13.3. The van der Waals surface area contributed by atoms with Crippen molar-refractivity contribution >= 4 is 17.5 Å². The number of benzene rings is 1. The molecule has 0 radical (unpaired) electrons. The zero-order valence-corrected chi connectivity index (χ0v) is 19.7. The Morgan fingerprint density at radius 1 is 1.06 bits per heavy atom. The Morgan fingerprint density at radius 3 is 2.32 bits per heavy atom. The molecule has 0 bridgehead atoms. The maximum Gasteiger partial charge on any atom is 0.417 e. The molecule has 1 N–H and O–H groups in total. The number of pyridine rings is 2. The predicted octanol–water partition coefficient (Wildman–Crippen LogP) is 6.01. The van der Waals surface area contributed by atoms with Crippen molar-refractivity contribution in [1.82, 2.24) is 15.3 Å². The maximum absolute atomic E-state index is 13.0. The first kappa shape index (κ1) is 25.5. The van der Waals surface area contributed by atoms with E-state index in [2.05, 4.69) is 22.2 Å². The van der Waals surface area contributed by atoms with Crippen molar-refractivity contribution in [2.24, 2.45) is 0 Å². The molecule has 0 spiro atoms. The van der Waals surface area contributed by atoms with Crippen molar-refractivity contribution in [3.63, 3.8) is 0 Å². The summed E-state index contributed by atoms with van der Waals surface area (Å²) in [4.78, 5) is 20.9. The fourth-order valence-corrected chi connectivity index (χ4v) is 3.63. The van der Waals surface area contributed by atoms with Gasteiger partial charge in [0.25, 0.3) is 5.91 Å². The molecule has 34 heavy (non-hydrogen) atoms. The highest BCUT2D eigenvalue weighted by Crippen LogP contribution is 2.33. The number of carbonyl (C=O) groups excluding carboxylic acids is 1. The smallest absolute Gasteiger partial charge is 0.417 e. The zero-order valence-electron chi connectivity index (χ0n) is 18.9. The molecule has 0 saturated carbocycles. The number of nitrogens with one attached hydrogen (secondary N) is 1. The quantitative estimate of drug-likeness (QED) is 0.419. The van der Waals surface area contributed by atoms with Gasteiger partial charge in [0, 0.05) is 42.1 Å². The van der Waals surface area contributed by atoms with Crippen molar-refractivity contribution in [1.29, 1.82) is 0 Å². The number of nitrogens with zero attached hydrogens (tertiary/aromatic N) is 2. The van der Waals surface area contributed by atoms with Gasteiger partial charge in [-0.3, -0.25) is 9.78 Å². The third kappa shape index (κ3) is 6.47. The number of aromatic nitrogens is 2. The molecule has 2 atom stereocenters. The fourth-order valence-electron chi connectivity index (χ4n) is 3.51. The number of carbonyl (C=O) groups is 1. The minimum Gasteiger partial charge on any atom is -0.462 e. The van der Waals surface area contributed by atoms with Crippen molar-refractivity contribution in [2.45, 2.75) is 44.4 Å². The monoisotopic (exact) mass is 491 g/mol. The van der Waals surface area contributed by atoms with Crippen LogP contribution in [0.3, 0.4) is 0 Å². The van der Waals surface area contributed by atoms with Gasteiger partial charge >= 0.3 is 6.18 Å². The number of halogens is 4. The zero-order chi connectivity index (χ0) is 24.9. The summed E-state index contributed by atoms with van der Waals surface area (Å²) in [5, 5.41) is 3.55. The van der Waals surface area contributed by atoms with Crippen LogP contribution in [0.25, 0.3) is 0 Å². The van der Waals surface area contributed by atoms with Gasteiger partial charge < -0.3 is 10.1 Å². The highest BCUT2D eigenvalue weighted by Gasteiger charge is 2.33. The molecular weight excluding hydrogens is 467 g/mol. The minimum atomic E-state index is -4.50. The van der Waals surface area contributed by atoms with Crippen molar-refractivity contribution in [2.75, 3.05) is 6.54 Å². The average molecular weight is 492 g/mol. The van der Waals surface area contributed by atoms with E-state index in [1.54, 1.807) is 12.4 Å². The molecule has 180 valence electrons. The number of hydrogen-bond donors (Lipinski definition) is 1. The standard InChI is InChI=1S/C25H25ClF3N3O2/c1-16(17-6-9-20(26)10-7-17)21(18-5-4-12-30-13-18)15-32-23(33)24(2,3)34-22-11-8-19(14-31-22)25(27,28)29/h4-14,16,21H,15H2,1-3H3,(H,32,33). The van der Waals surface area contributed by atoms with Crippen LogP contribution in [0.15, 0.2) is 67.1 Å². The molecular formula is C25H25ClF3N3O2. The molecule has 0 aliphatic rings. The maximum atomic E-state index is 13.0. The van der Waals surface area contributed by atoms with Crippen LogP contribution < -0.4 is 10.1 Å². The summed E-state index contributed by atoms with van der Waals surface area (Å²) >= 11 is 6.02. The van der Waals surface area contributed by atoms with E-state index in [9.17, 15) is 18.0 Å². The van der Waals surface area contributed by atoms with E-state index < -0.39 is 23.2 Å². The lowest BCUT2D eigenvalue weighted by Gasteiger charge is -2.29. The van der Waals surface area contributed by atoms with Gasteiger partial charge in [-0.25, -0.2) is 4.98 Å². The Hall–Kier alpha value is -3.13. The van der Waals surface area contributed by atoms with Gasteiger partial charge in [0.1, 0.15) is 0 Å². The van der Waals surface area contributed by atoms with Gasteiger partial charge in [0.15, 0.2) is 5.60 Å². The molecule has 0 fully saturated rings. The number of hydrogen-bond acceptors (Lipinski definition) is 4. The Labute approximate surface area is 201 Å². The van der Waals surface area contributed by atoms with Crippen molar-refractivity contribution in [3.05, 3.63) is 88.8 Å². The van der Waals surface area contributed by atoms with Gasteiger partial charge in [0.05, 0.1) is 5.56 Å². The molecule has 3 aromatic rings. The molecule has 2 aromatic heterocycles. The second-order valence-electron chi connectivity index (χ2n) is 8.44. The van der Waals surface area contributed by atoms with Gasteiger partial charge in [-0.05, 0) is 55.2 Å². The van der Waals surface area contributed by atoms with Crippen LogP contribution in [0.4, 0.5) is 13.2 Å². The molecule has 1 amide bonds. The Bertz CT molecular complexity index is 1090. The average Bonchev–Trinajstić information content (AvgIpc) is 2.79. The number of amides is 1. The number of ether oxygens (including phenoxy) is 1. The molecule has 0 saturated heterocycles. The molecule has 0 aliphatic carbocycles. The van der Waals surface area contributed by atoms with Crippen LogP contribution >= 0.6 is 11.6 Å². The van der Waals surface area contributed by atoms with E-state index in [-0.39, 0.29) is 17.7 Å². The van der Waals surface area contributed by atoms with E-state index >= 15 is 0 Å². The summed E-state index contributed by atoms with van der Waals surface area (Å²) in [5.74, 6) is -0.570. The van der Waals surface area contributed by atoms with Crippen LogP contribution in [-0.4, -0.2) is 28.0 Å². The molecule has 5 nitrogen and oxygen atoms in total. The Balaban J connectivity index is 1.72. The van der Waals surface area contributed by atoms with Crippen LogP contribution in [-0.2, 0) is 11.0 Å². The van der Waals surface area contributed by atoms with Gasteiger partial charge in [-0.1, -0.05) is 36.7 Å². The summed E-state index contributed by atoms with van der Waals surface area (Å²) in [5.41, 5.74) is -0.251. The third-order valence-electron chi connectivity index (χ3n) is 5.56. The van der Waals surface area contributed by atoms with Crippen molar-refractivity contribution in [3.8, 4) is 5.88 Å². The van der Waals surface area contributed by atoms with E-state index in [4.69, 9.17) is 16.3 Å². The second-order valence-corrected chi connectivity index (χ2v) is 8.87. The van der Waals surface area contributed by atoms with Crippen LogP contribution in [0.1, 0.15) is 49.3 Å². The van der Waals surface area contributed by atoms with E-state index in [0.717, 1.165) is 23.3 Å². The first-order chi connectivity index (χ1) is 16.0. The first-order valence-electron chi connectivity index (χ1n) is 10.6. The van der Waals surface area contributed by atoms with E-state index in [0.29, 0.717) is 17.8 Å². The molecule has 0 aliphatic heterocycles. The first-order valence-corrected chi connectivity index (χ1v) is 11.0. The van der Waals surface area contributed by atoms with Gasteiger partial charge in [-0.2, -0.15) is 13.2 Å². The number of rotatable bonds is 8. The summed E-state index contributed by atoms with van der Waals surface area (Å²) in [6.07, 6.45) is -0.382. The summed E-state index contributed by atoms with van der Waals surface area (Å²) < 4.78 is 43.9. The Morgan fingerprint density at radius 2 is 1.76 bits per heavy atom.